The number of hydrogen-bond acceptors (Lipinski definition) is 6. The maximum atomic E-state index is 13.5. The van der Waals surface area contributed by atoms with Gasteiger partial charge < -0.3 is 20.9 Å². The van der Waals surface area contributed by atoms with Crippen molar-refractivity contribution >= 4 is 26.7 Å². The lowest BCUT2D eigenvalue weighted by molar-refractivity contribution is -0.122. The van der Waals surface area contributed by atoms with Gasteiger partial charge in [0.1, 0.15) is 5.75 Å². The number of amides is 1. The van der Waals surface area contributed by atoms with Crippen LogP contribution in [0.2, 0.25) is 0 Å². The van der Waals surface area contributed by atoms with Crippen molar-refractivity contribution in [2.45, 2.75) is 56.5 Å². The largest absolute Gasteiger partial charge is 0.497 e. The number of aliphatic hydroxyl groups excluding tert-OH is 1. The Bertz CT molecular complexity index is 1310. The monoisotopic (exact) mass is 555 g/mol. The van der Waals surface area contributed by atoms with Crippen LogP contribution in [-0.2, 0) is 21.2 Å². The van der Waals surface area contributed by atoms with Gasteiger partial charge in [-0.05, 0) is 65.8 Å². The third-order valence-corrected chi connectivity index (χ3v) is 8.68. The molecule has 8 nitrogen and oxygen atoms in total. The van der Waals surface area contributed by atoms with E-state index >= 15 is 0 Å². The molecule has 0 spiro atoms. The summed E-state index contributed by atoms with van der Waals surface area (Å²) >= 11 is 0. The number of nitrogens with one attached hydrogen (secondary N) is 1. The average molecular weight is 556 g/mol. The molecule has 2 unspecified atom stereocenters. The van der Waals surface area contributed by atoms with E-state index in [9.17, 15) is 18.3 Å². The highest BCUT2D eigenvalue weighted by Gasteiger charge is 2.31. The molecule has 3 aromatic carbocycles. The normalized spacial score (nSPS) is 13.5. The van der Waals surface area contributed by atoms with E-state index in [0.717, 1.165) is 16.3 Å². The third-order valence-electron chi connectivity index (χ3n) is 6.75. The fourth-order valence-electron chi connectivity index (χ4n) is 4.66. The molecule has 0 aliphatic carbocycles. The minimum absolute atomic E-state index is 0.0783. The second kappa shape index (κ2) is 14.4. The van der Waals surface area contributed by atoms with E-state index in [1.807, 2.05) is 56.3 Å². The Hall–Kier alpha value is -2.98. The zero-order valence-corrected chi connectivity index (χ0v) is 23.9. The van der Waals surface area contributed by atoms with Crippen molar-refractivity contribution in [3.63, 3.8) is 0 Å². The van der Waals surface area contributed by atoms with E-state index in [0.29, 0.717) is 44.5 Å². The molecule has 0 saturated heterocycles. The highest BCUT2D eigenvalue weighted by atomic mass is 32.2. The van der Waals surface area contributed by atoms with Gasteiger partial charge in [-0.25, -0.2) is 8.42 Å². The van der Waals surface area contributed by atoms with E-state index in [2.05, 4.69) is 5.32 Å². The van der Waals surface area contributed by atoms with E-state index in [1.165, 1.54) is 23.5 Å². The van der Waals surface area contributed by atoms with Crippen LogP contribution in [0.15, 0.2) is 71.6 Å². The lowest BCUT2D eigenvalue weighted by Crippen LogP contribution is -2.44. The van der Waals surface area contributed by atoms with Gasteiger partial charge in [0.2, 0.25) is 15.9 Å². The number of hydrogen-bond donors (Lipinski definition) is 3. The number of methoxy groups -OCH3 is 1. The third kappa shape index (κ3) is 8.25. The summed E-state index contributed by atoms with van der Waals surface area (Å²) in [4.78, 5) is 12.8. The molecule has 0 radical (unpaired) electrons. The maximum absolute atomic E-state index is 13.5. The van der Waals surface area contributed by atoms with Crippen molar-refractivity contribution < 1.29 is 23.1 Å². The van der Waals surface area contributed by atoms with Crippen LogP contribution in [0.1, 0.15) is 38.7 Å². The molecule has 2 atom stereocenters. The molecule has 3 aromatic rings. The van der Waals surface area contributed by atoms with Gasteiger partial charge in [0.15, 0.2) is 0 Å². The second-order valence-electron chi connectivity index (χ2n) is 10.2. The molecule has 39 heavy (non-hydrogen) atoms. The predicted octanol–water partition coefficient (Wildman–Crippen LogP) is 3.71. The van der Waals surface area contributed by atoms with Crippen LogP contribution < -0.4 is 15.8 Å². The average Bonchev–Trinajstić information content (AvgIpc) is 2.94. The van der Waals surface area contributed by atoms with Crippen LogP contribution in [0.3, 0.4) is 0 Å². The van der Waals surface area contributed by atoms with Crippen LogP contribution in [-0.4, -0.2) is 62.6 Å². The first-order valence-electron chi connectivity index (χ1n) is 13.4. The molecule has 9 heteroatoms. The lowest BCUT2D eigenvalue weighted by atomic mass is 9.99. The Labute approximate surface area is 232 Å². The Morgan fingerprint density at radius 2 is 1.72 bits per heavy atom. The number of nitrogens with two attached hydrogens (primary N) is 1. The summed E-state index contributed by atoms with van der Waals surface area (Å²) < 4.78 is 33.5. The van der Waals surface area contributed by atoms with Gasteiger partial charge in [-0.1, -0.05) is 62.7 Å². The number of ether oxygens (including phenoxy) is 1. The Morgan fingerprint density at radius 1 is 1.03 bits per heavy atom. The number of nitrogens with zero attached hydrogens (tertiary/aromatic N) is 1. The molecule has 0 aliphatic heterocycles. The molecule has 1 amide bonds. The van der Waals surface area contributed by atoms with Crippen molar-refractivity contribution in [2.24, 2.45) is 11.7 Å². The fourth-order valence-corrected chi connectivity index (χ4v) is 6.47. The predicted molar refractivity (Wildman–Crippen MR) is 155 cm³/mol. The molecule has 0 heterocycles. The molecule has 0 fully saturated rings. The summed E-state index contributed by atoms with van der Waals surface area (Å²) in [5, 5.41) is 15.2. The van der Waals surface area contributed by atoms with Gasteiger partial charge in [0, 0.05) is 19.1 Å². The minimum Gasteiger partial charge on any atom is -0.497 e. The van der Waals surface area contributed by atoms with Crippen LogP contribution in [0.25, 0.3) is 10.8 Å². The molecular formula is C30H41N3O5S. The Morgan fingerprint density at radius 3 is 2.38 bits per heavy atom. The maximum Gasteiger partial charge on any atom is 0.243 e. The van der Waals surface area contributed by atoms with Crippen LogP contribution in [0.5, 0.6) is 5.75 Å². The van der Waals surface area contributed by atoms with E-state index in [1.54, 1.807) is 12.1 Å². The van der Waals surface area contributed by atoms with Gasteiger partial charge >= 0.3 is 0 Å². The highest BCUT2D eigenvalue weighted by Crippen LogP contribution is 2.24. The molecule has 4 N–H and O–H groups in total. The Balaban J connectivity index is 1.53. The number of fused-ring (bicyclic) bond motifs is 1. The van der Waals surface area contributed by atoms with Crippen molar-refractivity contribution in [3.8, 4) is 5.75 Å². The quantitative estimate of drug-likeness (QED) is 0.246. The summed E-state index contributed by atoms with van der Waals surface area (Å²) in [6.45, 7) is 4.32. The first-order valence-corrected chi connectivity index (χ1v) is 14.9. The second-order valence-corrected chi connectivity index (χ2v) is 12.1. The number of sulfonamides is 1. The number of aliphatic hydroxyl groups is 1. The number of unbranched alkanes of at least 4 members (excludes halogenated alkanes) is 1. The molecular weight excluding hydrogens is 514 g/mol. The zero-order chi connectivity index (χ0) is 28.4. The number of carbonyl (C=O) groups excluding carboxylic acids is 1. The van der Waals surface area contributed by atoms with Crippen LogP contribution in [0.4, 0.5) is 0 Å². The van der Waals surface area contributed by atoms with E-state index < -0.39 is 22.1 Å². The standard InChI is InChI=1S/C30H41N3O5S/c1-22(2)20-33(39(36,37)27-16-14-26(38-3)15-17-27)25(21-34)12-6-7-18-32-30(35)29(31)19-24-11-8-10-23-9-4-5-13-28(23)24/h4-5,8-11,13-17,22,25,29,34H,6-7,12,18-21,31H2,1-3H3,(H,32,35). The molecule has 0 aromatic heterocycles. The summed E-state index contributed by atoms with van der Waals surface area (Å²) in [5.41, 5.74) is 7.24. The first-order chi connectivity index (χ1) is 18.7. The Kier molecular flexibility index (Phi) is 11.3. The van der Waals surface area contributed by atoms with Crippen LogP contribution >= 0.6 is 0 Å². The van der Waals surface area contributed by atoms with Gasteiger partial charge in [0.05, 0.1) is 24.7 Å². The summed E-state index contributed by atoms with van der Waals surface area (Å²) in [6, 6.07) is 19.1. The van der Waals surface area contributed by atoms with Crippen LogP contribution in [0, 0.1) is 5.92 Å². The fraction of sp³-hybridized carbons (Fsp3) is 0.433. The first kappa shape index (κ1) is 30.6. The number of carbonyl (C=O) groups is 1. The van der Waals surface area contributed by atoms with Crippen molar-refractivity contribution in [3.05, 3.63) is 72.3 Å². The van der Waals surface area contributed by atoms with Crippen molar-refractivity contribution in [2.75, 3.05) is 26.8 Å². The van der Waals surface area contributed by atoms with Gasteiger partial charge in [-0.15, -0.1) is 0 Å². The molecule has 0 aliphatic rings. The SMILES string of the molecule is COc1ccc(S(=O)(=O)N(CC(C)C)C(CO)CCCCNC(=O)C(N)Cc2cccc3ccccc23)cc1. The topological polar surface area (TPSA) is 122 Å². The molecule has 0 saturated carbocycles. The minimum atomic E-state index is -3.81. The van der Waals surface area contributed by atoms with Gasteiger partial charge in [-0.3, -0.25) is 4.79 Å². The van der Waals surface area contributed by atoms with Gasteiger partial charge in [0.25, 0.3) is 0 Å². The molecule has 3 rings (SSSR count). The van der Waals surface area contributed by atoms with E-state index in [4.69, 9.17) is 10.5 Å². The molecule has 212 valence electrons. The number of benzene rings is 3. The van der Waals surface area contributed by atoms with Crippen molar-refractivity contribution in [1.29, 1.82) is 0 Å². The van der Waals surface area contributed by atoms with E-state index in [-0.39, 0.29) is 23.3 Å². The zero-order valence-electron chi connectivity index (χ0n) is 23.0. The molecule has 0 bridgehead atoms. The summed E-state index contributed by atoms with van der Waals surface area (Å²) in [7, 11) is -2.29. The lowest BCUT2D eigenvalue weighted by Gasteiger charge is -2.31. The summed E-state index contributed by atoms with van der Waals surface area (Å²) in [6.07, 6.45) is 2.18. The summed E-state index contributed by atoms with van der Waals surface area (Å²) in [5.74, 6) is 0.432. The highest BCUT2D eigenvalue weighted by molar-refractivity contribution is 7.89. The number of rotatable bonds is 15. The van der Waals surface area contributed by atoms with Crippen molar-refractivity contribution in [1.82, 2.24) is 9.62 Å². The van der Waals surface area contributed by atoms with Gasteiger partial charge in [-0.2, -0.15) is 4.31 Å². The smallest absolute Gasteiger partial charge is 0.243 e.